The number of rotatable bonds is 10. The fourth-order valence-corrected chi connectivity index (χ4v) is 2.02. The van der Waals surface area contributed by atoms with Crippen molar-refractivity contribution in [3.05, 3.63) is 12.2 Å². The molecule has 2 atom stereocenters. The Labute approximate surface area is 158 Å². The van der Waals surface area contributed by atoms with Gasteiger partial charge in [-0.2, -0.15) is 0 Å². The molecule has 1 aliphatic rings. The Bertz CT molecular complexity index is 729. The summed E-state index contributed by atoms with van der Waals surface area (Å²) >= 11 is 0. The molecule has 0 fully saturated rings. The normalized spacial score (nSPS) is 15.0. The van der Waals surface area contributed by atoms with Crippen LogP contribution in [0.15, 0.2) is 12.2 Å². The van der Waals surface area contributed by atoms with Gasteiger partial charge in [-0.15, -0.1) is 0 Å². The van der Waals surface area contributed by atoms with E-state index in [9.17, 15) is 33.6 Å². The van der Waals surface area contributed by atoms with Crippen LogP contribution in [0, 0.1) is 0 Å². The Morgan fingerprint density at radius 2 is 1.64 bits per heavy atom. The van der Waals surface area contributed by atoms with Gasteiger partial charge in [0.1, 0.15) is 18.6 Å². The third-order valence-electron chi connectivity index (χ3n) is 3.44. The van der Waals surface area contributed by atoms with Gasteiger partial charge in [-0.05, 0) is 6.92 Å². The topological polar surface area (TPSA) is 205 Å². The molecule has 13 heteroatoms. The molecule has 0 saturated heterocycles. The summed E-state index contributed by atoms with van der Waals surface area (Å²) in [6.07, 6.45) is 1.39. The molecule has 0 radical (unpaired) electrons. The number of carboxylic acids is 1. The summed E-state index contributed by atoms with van der Waals surface area (Å²) < 4.78 is 0. The van der Waals surface area contributed by atoms with Gasteiger partial charge in [0, 0.05) is 12.2 Å². The van der Waals surface area contributed by atoms with Crippen LogP contribution >= 0.6 is 0 Å². The minimum absolute atomic E-state index is 0.552. The summed E-state index contributed by atoms with van der Waals surface area (Å²) in [6.45, 7) is 0.136. The minimum Gasteiger partial charge on any atom is -0.480 e. The van der Waals surface area contributed by atoms with E-state index >= 15 is 0 Å². The lowest BCUT2D eigenvalue weighted by atomic mass is 10.2. The fourth-order valence-electron chi connectivity index (χ4n) is 2.02. The molecule has 1 heterocycles. The molecule has 0 bridgehead atoms. The quantitative estimate of drug-likeness (QED) is 0.229. The molecule has 0 saturated carbocycles. The van der Waals surface area contributed by atoms with E-state index in [2.05, 4.69) is 10.6 Å². The van der Waals surface area contributed by atoms with Gasteiger partial charge in [0.15, 0.2) is 0 Å². The second kappa shape index (κ2) is 9.80. The zero-order chi connectivity index (χ0) is 21.4. The van der Waals surface area contributed by atoms with Crippen LogP contribution < -0.4 is 21.7 Å². The van der Waals surface area contributed by atoms with Crippen molar-refractivity contribution in [3.63, 3.8) is 0 Å². The zero-order valence-corrected chi connectivity index (χ0v) is 14.8. The summed E-state index contributed by atoms with van der Waals surface area (Å²) in [7, 11) is 0. The highest BCUT2D eigenvalue weighted by Gasteiger charge is 2.27. The van der Waals surface area contributed by atoms with Crippen LogP contribution in [-0.4, -0.2) is 76.6 Å². The van der Waals surface area contributed by atoms with Gasteiger partial charge in [-0.25, -0.2) is 4.79 Å². The Hall–Kier alpha value is -3.77. The molecule has 6 N–H and O–H groups in total. The third-order valence-corrected chi connectivity index (χ3v) is 3.44. The number of primary amides is 1. The number of hydrogen-bond donors (Lipinski definition) is 5. The number of imide groups is 1. The highest BCUT2D eigenvalue weighted by molar-refractivity contribution is 6.14. The largest absolute Gasteiger partial charge is 0.480 e. The first-order valence-electron chi connectivity index (χ1n) is 7.92. The SMILES string of the molecule is CC(NC(=O)CNC(=O)CN1C(=O)C=CC1=O)C(=O)NC(CC(N)=O)C(=O)O. The molecule has 0 aromatic rings. The van der Waals surface area contributed by atoms with Gasteiger partial charge >= 0.3 is 5.97 Å². The highest BCUT2D eigenvalue weighted by Crippen LogP contribution is 2.02. The lowest BCUT2D eigenvalue weighted by Gasteiger charge is -2.18. The second-order valence-corrected chi connectivity index (χ2v) is 5.73. The predicted molar refractivity (Wildman–Crippen MR) is 89.9 cm³/mol. The van der Waals surface area contributed by atoms with Crippen molar-refractivity contribution in [1.82, 2.24) is 20.9 Å². The maximum atomic E-state index is 11.9. The number of nitrogens with two attached hydrogens (primary N) is 1. The predicted octanol–water partition coefficient (Wildman–Crippen LogP) is -4.02. The molecule has 2 unspecified atom stereocenters. The number of nitrogens with zero attached hydrogens (tertiary/aromatic N) is 1. The summed E-state index contributed by atoms with van der Waals surface area (Å²) in [5, 5.41) is 15.3. The summed E-state index contributed by atoms with van der Waals surface area (Å²) in [5.41, 5.74) is 4.89. The molecule has 28 heavy (non-hydrogen) atoms. The first-order chi connectivity index (χ1) is 13.0. The van der Waals surface area contributed by atoms with E-state index in [0.717, 1.165) is 12.2 Å². The van der Waals surface area contributed by atoms with Crippen LogP contribution in [0.4, 0.5) is 0 Å². The average molecular weight is 397 g/mol. The van der Waals surface area contributed by atoms with Gasteiger partial charge in [-0.3, -0.25) is 33.7 Å². The van der Waals surface area contributed by atoms with E-state index in [1.54, 1.807) is 0 Å². The van der Waals surface area contributed by atoms with E-state index in [0.29, 0.717) is 4.90 Å². The third kappa shape index (κ3) is 6.86. The molecule has 1 rings (SSSR count). The monoisotopic (exact) mass is 397 g/mol. The fraction of sp³-hybridized carbons (Fsp3) is 0.400. The van der Waals surface area contributed by atoms with Crippen LogP contribution in [0.3, 0.4) is 0 Å². The Balaban J connectivity index is 2.42. The van der Waals surface area contributed by atoms with Crippen molar-refractivity contribution in [2.24, 2.45) is 5.73 Å². The van der Waals surface area contributed by atoms with Crippen molar-refractivity contribution in [2.75, 3.05) is 13.1 Å². The average Bonchev–Trinajstić information content (AvgIpc) is 2.90. The summed E-state index contributed by atoms with van der Waals surface area (Å²) in [6, 6.07) is -2.72. The molecule has 152 valence electrons. The van der Waals surface area contributed by atoms with Crippen LogP contribution in [0.2, 0.25) is 0 Å². The maximum absolute atomic E-state index is 11.9. The first-order valence-corrected chi connectivity index (χ1v) is 7.92. The highest BCUT2D eigenvalue weighted by atomic mass is 16.4. The second-order valence-electron chi connectivity index (χ2n) is 5.73. The molecular weight excluding hydrogens is 378 g/mol. The lowest BCUT2D eigenvalue weighted by Crippen LogP contribution is -2.52. The van der Waals surface area contributed by atoms with E-state index in [-0.39, 0.29) is 0 Å². The van der Waals surface area contributed by atoms with E-state index in [4.69, 9.17) is 10.8 Å². The Morgan fingerprint density at radius 1 is 1.07 bits per heavy atom. The molecule has 0 spiro atoms. The van der Waals surface area contributed by atoms with Crippen molar-refractivity contribution in [2.45, 2.75) is 25.4 Å². The summed E-state index contributed by atoms with van der Waals surface area (Å²) in [4.78, 5) is 80.4. The van der Waals surface area contributed by atoms with E-state index in [1.165, 1.54) is 6.92 Å². The van der Waals surface area contributed by atoms with Crippen molar-refractivity contribution < 1.29 is 38.7 Å². The molecular formula is C15H19N5O8. The smallest absolute Gasteiger partial charge is 0.326 e. The number of carboxylic acid groups (broad SMARTS) is 1. The van der Waals surface area contributed by atoms with Crippen molar-refractivity contribution >= 4 is 41.4 Å². The van der Waals surface area contributed by atoms with Crippen molar-refractivity contribution in [1.29, 1.82) is 0 Å². The lowest BCUT2D eigenvalue weighted by molar-refractivity contribution is -0.143. The van der Waals surface area contributed by atoms with Crippen LogP contribution in [-0.2, 0) is 33.6 Å². The minimum atomic E-state index is -1.55. The number of carbonyl (C=O) groups is 7. The standard InChI is InChI=1S/C15H19N5O8/c1-7(14(26)19-8(15(27)28)4-9(16)21)18-10(22)5-17-11(23)6-20-12(24)2-3-13(20)25/h2-3,7-8H,4-6H2,1H3,(H2,16,21)(H,17,23)(H,18,22)(H,19,26)(H,27,28). The van der Waals surface area contributed by atoms with Crippen molar-refractivity contribution in [3.8, 4) is 0 Å². The number of carbonyl (C=O) groups excluding carboxylic acids is 6. The van der Waals surface area contributed by atoms with Crippen LogP contribution in [0.5, 0.6) is 0 Å². The van der Waals surface area contributed by atoms with Gasteiger partial charge in [0.05, 0.1) is 13.0 Å². The van der Waals surface area contributed by atoms with Gasteiger partial charge in [0.25, 0.3) is 11.8 Å². The van der Waals surface area contributed by atoms with E-state index < -0.39 is 73.0 Å². The molecule has 13 nitrogen and oxygen atoms in total. The number of aliphatic carboxylic acids is 1. The molecule has 0 aromatic carbocycles. The number of hydrogen-bond acceptors (Lipinski definition) is 7. The maximum Gasteiger partial charge on any atom is 0.326 e. The Kier molecular flexibility index (Phi) is 7.79. The molecule has 1 aliphatic heterocycles. The van der Waals surface area contributed by atoms with Crippen LogP contribution in [0.1, 0.15) is 13.3 Å². The number of amides is 6. The first kappa shape index (κ1) is 22.3. The molecule has 0 aliphatic carbocycles. The number of nitrogens with one attached hydrogen (secondary N) is 3. The van der Waals surface area contributed by atoms with E-state index in [1.807, 2.05) is 5.32 Å². The van der Waals surface area contributed by atoms with Gasteiger partial charge < -0.3 is 26.8 Å². The van der Waals surface area contributed by atoms with Gasteiger partial charge in [0.2, 0.25) is 23.6 Å². The van der Waals surface area contributed by atoms with Crippen LogP contribution in [0.25, 0.3) is 0 Å². The zero-order valence-electron chi connectivity index (χ0n) is 14.8. The van der Waals surface area contributed by atoms with Gasteiger partial charge in [-0.1, -0.05) is 0 Å². The Morgan fingerprint density at radius 3 is 2.14 bits per heavy atom. The summed E-state index contributed by atoms with van der Waals surface area (Å²) in [5.74, 6) is -6.15. The molecule has 0 aromatic heterocycles. The molecule has 6 amide bonds.